The number of benzene rings is 1. The molecule has 7 nitrogen and oxygen atoms in total. The summed E-state index contributed by atoms with van der Waals surface area (Å²) in [6.45, 7) is 0.887. The zero-order valence-corrected chi connectivity index (χ0v) is 13.6. The fraction of sp³-hybridized carbons (Fsp3) is 0.588. The minimum atomic E-state index is -0.462. The van der Waals surface area contributed by atoms with Gasteiger partial charge in [-0.05, 0) is 25.0 Å². The second-order valence-electron chi connectivity index (χ2n) is 6.80. The van der Waals surface area contributed by atoms with Crippen molar-refractivity contribution >= 4 is 5.91 Å². The summed E-state index contributed by atoms with van der Waals surface area (Å²) in [4.78, 5) is 25.3. The molecule has 3 atom stereocenters. The third-order valence-corrected chi connectivity index (χ3v) is 5.87. The molecule has 1 aromatic carbocycles. The van der Waals surface area contributed by atoms with E-state index in [0.29, 0.717) is 25.3 Å². The number of amides is 1. The van der Waals surface area contributed by atoms with E-state index in [1.165, 1.54) is 0 Å². The molecule has 1 aliphatic carbocycles. The molecule has 0 N–H and O–H groups in total. The summed E-state index contributed by atoms with van der Waals surface area (Å²) >= 11 is 0. The largest absolute Gasteiger partial charge is 0.497 e. The molecule has 7 heteroatoms. The second kappa shape index (κ2) is 5.36. The molecule has 0 radical (unpaired) electrons. The fourth-order valence-corrected chi connectivity index (χ4v) is 4.94. The normalized spacial score (nSPS) is 30.9. The Hall–Kier alpha value is -2.31. The van der Waals surface area contributed by atoms with Crippen LogP contribution in [0.4, 0.5) is 0 Å². The molecule has 24 heavy (non-hydrogen) atoms. The van der Waals surface area contributed by atoms with Gasteiger partial charge < -0.3 is 14.4 Å². The van der Waals surface area contributed by atoms with E-state index < -0.39 is 5.54 Å². The van der Waals surface area contributed by atoms with Crippen molar-refractivity contribution in [2.24, 2.45) is 11.8 Å². The third-order valence-electron chi connectivity index (χ3n) is 5.87. The highest BCUT2D eigenvalue weighted by Crippen LogP contribution is 2.59. The predicted octanol–water partition coefficient (Wildman–Crippen LogP) is 1.82. The monoisotopic (exact) mass is 332 g/mol. The number of hydrogen-bond acceptors (Lipinski definition) is 5. The summed E-state index contributed by atoms with van der Waals surface area (Å²) in [6.07, 6.45) is 1.91. The molecule has 1 saturated heterocycles. The number of fused-ring (bicyclic) bond motifs is 1. The quantitative estimate of drug-likeness (QED) is 0.623. The van der Waals surface area contributed by atoms with E-state index in [0.717, 1.165) is 24.2 Å². The second-order valence-corrected chi connectivity index (χ2v) is 6.80. The Balaban J connectivity index is 1.83. The average molecular weight is 332 g/mol. The first-order chi connectivity index (χ1) is 11.6. The van der Waals surface area contributed by atoms with Crippen LogP contribution in [-0.2, 0) is 10.3 Å². The number of ether oxygens (including phenoxy) is 2. The molecule has 1 saturated carbocycles. The van der Waals surface area contributed by atoms with Crippen molar-refractivity contribution in [1.82, 2.24) is 4.90 Å². The van der Waals surface area contributed by atoms with Gasteiger partial charge in [0.2, 0.25) is 12.5 Å². The van der Waals surface area contributed by atoms with E-state index in [1.54, 1.807) is 7.11 Å². The molecule has 0 aromatic heterocycles. The van der Waals surface area contributed by atoms with Crippen molar-refractivity contribution in [3.8, 4) is 11.5 Å². The van der Waals surface area contributed by atoms with Gasteiger partial charge >= 0.3 is 0 Å². The number of carbonyl (C=O) groups excluding carboxylic acids is 1. The molecule has 2 heterocycles. The van der Waals surface area contributed by atoms with Crippen LogP contribution in [0, 0.1) is 22.0 Å². The Morgan fingerprint density at radius 1 is 1.50 bits per heavy atom. The molecule has 0 bridgehead atoms. The maximum atomic E-state index is 12.6. The molecule has 2 unspecified atom stereocenters. The molecule has 2 aliphatic heterocycles. The van der Waals surface area contributed by atoms with Gasteiger partial charge in [0, 0.05) is 34.8 Å². The standard InChI is InChI=1S/C17H20N2O5/c1-23-12-2-3-13-15(8-12)24-7-6-18-16(20)9-14-11(10-19(21)22)4-5-17(13,14)18/h2-3,8,11,14H,4-7,9-10H2,1H3/t11-,14?,17?/m0/s1. The maximum absolute atomic E-state index is 12.6. The first-order valence-electron chi connectivity index (χ1n) is 8.30. The Morgan fingerprint density at radius 3 is 3.08 bits per heavy atom. The van der Waals surface area contributed by atoms with Gasteiger partial charge in [-0.25, -0.2) is 0 Å². The Kier molecular flexibility index (Phi) is 3.40. The Morgan fingerprint density at radius 2 is 2.33 bits per heavy atom. The van der Waals surface area contributed by atoms with Crippen LogP contribution in [0.25, 0.3) is 0 Å². The van der Waals surface area contributed by atoms with Crippen molar-refractivity contribution in [2.45, 2.75) is 24.8 Å². The highest BCUT2D eigenvalue weighted by atomic mass is 16.6. The Bertz CT molecular complexity index is 706. The number of nitrogens with zero attached hydrogens (tertiary/aromatic N) is 2. The smallest absolute Gasteiger partial charge is 0.223 e. The van der Waals surface area contributed by atoms with Crippen molar-refractivity contribution in [1.29, 1.82) is 0 Å². The van der Waals surface area contributed by atoms with Crippen LogP contribution in [0.1, 0.15) is 24.8 Å². The van der Waals surface area contributed by atoms with Gasteiger partial charge in [0.15, 0.2) is 0 Å². The van der Waals surface area contributed by atoms with Gasteiger partial charge in [0.05, 0.1) is 19.2 Å². The molecule has 1 aromatic rings. The number of nitro groups is 1. The zero-order valence-electron chi connectivity index (χ0n) is 13.6. The lowest BCUT2D eigenvalue weighted by atomic mass is 9.78. The molecule has 1 amide bonds. The van der Waals surface area contributed by atoms with Crippen molar-refractivity contribution in [3.63, 3.8) is 0 Å². The van der Waals surface area contributed by atoms with Crippen LogP contribution >= 0.6 is 0 Å². The Labute approximate surface area is 139 Å². The highest BCUT2D eigenvalue weighted by Gasteiger charge is 2.62. The van der Waals surface area contributed by atoms with Crippen LogP contribution in [0.2, 0.25) is 0 Å². The topological polar surface area (TPSA) is 81.9 Å². The van der Waals surface area contributed by atoms with E-state index in [-0.39, 0.29) is 29.2 Å². The van der Waals surface area contributed by atoms with E-state index in [1.807, 2.05) is 23.1 Å². The molecule has 2 fully saturated rings. The van der Waals surface area contributed by atoms with Crippen LogP contribution in [0.5, 0.6) is 11.5 Å². The number of rotatable bonds is 3. The lowest BCUT2D eigenvalue weighted by molar-refractivity contribution is -0.489. The summed E-state index contributed by atoms with van der Waals surface area (Å²) in [5.74, 6) is 1.43. The summed E-state index contributed by atoms with van der Waals surface area (Å²) in [5.41, 5.74) is 0.512. The lowest BCUT2D eigenvalue weighted by Gasteiger charge is -2.38. The summed E-state index contributed by atoms with van der Waals surface area (Å²) in [5, 5.41) is 11.0. The number of carbonyl (C=O) groups is 1. The van der Waals surface area contributed by atoms with Gasteiger partial charge in [-0.1, -0.05) is 0 Å². The van der Waals surface area contributed by atoms with Crippen molar-refractivity contribution in [2.75, 3.05) is 26.8 Å². The summed E-state index contributed by atoms with van der Waals surface area (Å²) in [7, 11) is 1.60. The molecule has 4 rings (SSSR count). The molecular weight excluding hydrogens is 312 g/mol. The van der Waals surface area contributed by atoms with Crippen LogP contribution in [0.15, 0.2) is 18.2 Å². The number of methoxy groups -OCH3 is 1. The van der Waals surface area contributed by atoms with Gasteiger partial charge in [-0.3, -0.25) is 14.9 Å². The first-order valence-corrected chi connectivity index (χ1v) is 8.30. The maximum Gasteiger partial charge on any atom is 0.223 e. The van der Waals surface area contributed by atoms with E-state index in [9.17, 15) is 14.9 Å². The third kappa shape index (κ3) is 2.00. The number of hydrogen-bond donors (Lipinski definition) is 0. The van der Waals surface area contributed by atoms with Crippen LogP contribution in [0.3, 0.4) is 0 Å². The minimum absolute atomic E-state index is 0.0238. The lowest BCUT2D eigenvalue weighted by Crippen LogP contribution is -2.45. The molecule has 1 spiro atoms. The van der Waals surface area contributed by atoms with Gasteiger partial charge in [-0.15, -0.1) is 0 Å². The van der Waals surface area contributed by atoms with E-state index in [2.05, 4.69) is 0 Å². The van der Waals surface area contributed by atoms with Crippen LogP contribution in [-0.4, -0.2) is 42.5 Å². The highest BCUT2D eigenvalue weighted by molar-refractivity contribution is 5.81. The van der Waals surface area contributed by atoms with Crippen molar-refractivity contribution in [3.05, 3.63) is 33.9 Å². The van der Waals surface area contributed by atoms with Gasteiger partial charge in [0.25, 0.3) is 0 Å². The fourth-order valence-electron chi connectivity index (χ4n) is 4.94. The first kappa shape index (κ1) is 15.2. The average Bonchev–Trinajstić information content (AvgIpc) is 2.96. The van der Waals surface area contributed by atoms with E-state index >= 15 is 0 Å². The van der Waals surface area contributed by atoms with Crippen molar-refractivity contribution < 1.29 is 19.2 Å². The summed E-state index contributed by atoms with van der Waals surface area (Å²) in [6, 6.07) is 5.70. The van der Waals surface area contributed by atoms with E-state index in [4.69, 9.17) is 9.47 Å². The van der Waals surface area contributed by atoms with Crippen LogP contribution < -0.4 is 9.47 Å². The molecule has 128 valence electrons. The SMILES string of the molecule is COc1ccc2c(c1)OCCN1C(=O)CC3[C@H](C[N+](=O)[O-])CCC231. The minimum Gasteiger partial charge on any atom is -0.497 e. The van der Waals surface area contributed by atoms with Gasteiger partial charge in [-0.2, -0.15) is 0 Å². The van der Waals surface area contributed by atoms with Gasteiger partial charge in [0.1, 0.15) is 18.1 Å². The zero-order chi connectivity index (χ0) is 16.9. The molecule has 3 aliphatic rings. The molecular formula is C17H20N2O5. The summed E-state index contributed by atoms with van der Waals surface area (Å²) < 4.78 is 11.2. The predicted molar refractivity (Wildman–Crippen MR) is 84.6 cm³/mol.